The van der Waals surface area contributed by atoms with Gasteiger partial charge in [0.1, 0.15) is 28.1 Å². The number of morpholine rings is 3. The van der Waals surface area contributed by atoms with Crippen LogP contribution in [0.1, 0.15) is 96.9 Å². The Morgan fingerprint density at radius 2 is 0.721 bits per heavy atom. The van der Waals surface area contributed by atoms with Crippen LogP contribution in [-0.2, 0) is 32.8 Å². The molecule has 16 rings (SSSR count). The molecule has 0 saturated carbocycles. The Labute approximate surface area is 632 Å². The molecule has 0 radical (unpaired) electrons. The van der Waals surface area contributed by atoms with Gasteiger partial charge in [0, 0.05) is 98.8 Å². The first-order valence-electron chi connectivity index (χ1n) is 35.0. The first-order chi connectivity index (χ1) is 50.1. The molecule has 13 heterocycles. The van der Waals surface area contributed by atoms with Crippen molar-refractivity contribution in [3.63, 3.8) is 0 Å². The molecule has 104 heavy (non-hydrogen) atoms. The molecule has 0 amide bonds. The lowest BCUT2D eigenvalue weighted by atomic mass is 9.79. The molecule has 0 aliphatic carbocycles. The molecule has 3 aromatic carbocycles. The predicted octanol–water partition coefficient (Wildman–Crippen LogP) is 13.9. The van der Waals surface area contributed by atoms with Gasteiger partial charge in [0.15, 0.2) is 43.8 Å². The van der Waals surface area contributed by atoms with Crippen LogP contribution in [0.4, 0.5) is 29.4 Å². The van der Waals surface area contributed by atoms with Crippen LogP contribution in [-0.4, -0.2) is 165 Å². The van der Waals surface area contributed by atoms with Crippen LogP contribution < -0.4 is 37.1 Å². The predicted molar refractivity (Wildman–Crippen MR) is 422 cm³/mol. The van der Waals surface area contributed by atoms with E-state index in [1.54, 1.807) is 24.8 Å². The number of ether oxygens (including phenoxy) is 3. The van der Waals surface area contributed by atoms with E-state index >= 15 is 0 Å². The maximum absolute atomic E-state index is 6.19. The van der Waals surface area contributed by atoms with E-state index < -0.39 is 7.12 Å². The van der Waals surface area contributed by atoms with Gasteiger partial charge in [-0.05, 0) is 107 Å². The van der Waals surface area contributed by atoms with E-state index in [9.17, 15) is 0 Å². The van der Waals surface area contributed by atoms with Crippen LogP contribution >= 0.6 is 45.8 Å². The van der Waals surface area contributed by atoms with E-state index in [1.165, 1.54) is 0 Å². The average Bonchev–Trinajstić information content (AvgIpc) is 1.66. The van der Waals surface area contributed by atoms with Gasteiger partial charge in [-0.3, -0.25) is 0 Å². The van der Waals surface area contributed by atoms with E-state index in [0.29, 0.717) is 67.8 Å². The monoisotopic (exact) mass is 1570 g/mol. The van der Waals surface area contributed by atoms with Crippen LogP contribution in [0.15, 0.2) is 147 Å². The van der Waals surface area contributed by atoms with Crippen molar-refractivity contribution in [2.45, 2.75) is 119 Å². The third kappa shape index (κ3) is 19.9. The SMILES string of the molecule is CC.CC.CC.CC1(C)OB(c2ccccc2)OC1(C)C.CC1(C)OB(c2cnc(N)nc2)OC1(C)C.Clc1nc(N2CCOCC2)c2oc(-c3ccccc3)cc2n1.Clc1nc(N2CCOCC2)c2oc(I)cc2n1.Nc1ncc(-c2nc(N3CCOCC3)c3oc(-c4ccccc4)cc3n2)cn1. The highest BCUT2D eigenvalue weighted by Crippen LogP contribution is 2.40. The summed E-state index contributed by atoms with van der Waals surface area (Å²) >= 11 is 14.1. The van der Waals surface area contributed by atoms with Crippen molar-refractivity contribution < 1.29 is 46.1 Å². The van der Waals surface area contributed by atoms with Crippen LogP contribution in [0.5, 0.6) is 0 Å². The van der Waals surface area contributed by atoms with Crippen molar-refractivity contribution in [1.82, 2.24) is 49.8 Å². The summed E-state index contributed by atoms with van der Waals surface area (Å²) in [6.07, 6.45) is 6.52. The van der Waals surface area contributed by atoms with Gasteiger partial charge in [-0.1, -0.05) is 133 Å². The van der Waals surface area contributed by atoms with Crippen molar-refractivity contribution in [2.24, 2.45) is 0 Å². The third-order valence-corrected chi connectivity index (χ3v) is 18.4. The Hall–Kier alpha value is -8.16. The molecule has 5 aliphatic heterocycles. The zero-order chi connectivity index (χ0) is 74.8. The second kappa shape index (κ2) is 36.7. The van der Waals surface area contributed by atoms with Gasteiger partial charge < -0.3 is 72.2 Å². The summed E-state index contributed by atoms with van der Waals surface area (Å²) in [6, 6.07) is 35.6. The van der Waals surface area contributed by atoms with Crippen molar-refractivity contribution in [3.8, 4) is 34.0 Å². The Morgan fingerprint density at radius 1 is 0.394 bits per heavy atom. The van der Waals surface area contributed by atoms with Crippen LogP contribution in [0.25, 0.3) is 67.3 Å². The fourth-order valence-electron chi connectivity index (χ4n) is 10.7. The number of halogens is 3. The van der Waals surface area contributed by atoms with E-state index in [1.807, 2.05) is 178 Å². The number of nitrogen functional groups attached to an aromatic ring is 2. The Kier molecular flexibility index (Phi) is 28.2. The fraction of sp³-hybridized carbons (Fsp3) is 0.405. The minimum atomic E-state index is -0.425. The molecule has 8 aromatic heterocycles. The van der Waals surface area contributed by atoms with E-state index in [0.717, 1.165) is 111 Å². The van der Waals surface area contributed by atoms with E-state index in [-0.39, 0.29) is 52.0 Å². The Bertz CT molecular complexity index is 4440. The highest BCUT2D eigenvalue weighted by Gasteiger charge is 2.53. The lowest BCUT2D eigenvalue weighted by molar-refractivity contribution is 0.00578. The molecule has 5 aliphatic rings. The molecule has 0 spiro atoms. The Morgan fingerprint density at radius 3 is 1.12 bits per heavy atom. The van der Waals surface area contributed by atoms with Crippen molar-refractivity contribution in [3.05, 3.63) is 148 Å². The van der Waals surface area contributed by atoms with Gasteiger partial charge in [0.2, 0.25) is 22.5 Å². The summed E-state index contributed by atoms with van der Waals surface area (Å²) in [5.74, 6) is 4.77. The molecular weight excluding hydrogens is 1480 g/mol. The molecule has 30 heteroatoms. The summed E-state index contributed by atoms with van der Waals surface area (Å²) in [7, 11) is -0.665. The van der Waals surface area contributed by atoms with Crippen LogP contribution in [0, 0.1) is 3.77 Å². The number of nitrogens with zero attached hydrogens (tertiary/aromatic N) is 13. The number of anilines is 5. The van der Waals surface area contributed by atoms with Crippen LogP contribution in [0.2, 0.25) is 10.6 Å². The number of nitrogens with two attached hydrogens (primary N) is 2. The maximum Gasteiger partial charge on any atom is 0.498 e. The molecule has 0 unspecified atom stereocenters. The van der Waals surface area contributed by atoms with Gasteiger partial charge in [0.05, 0.1) is 67.6 Å². The molecule has 25 nitrogen and oxygen atoms in total. The number of rotatable bonds is 8. The average molecular weight is 1570 g/mol. The second-order valence-corrected chi connectivity index (χ2v) is 27.0. The Balaban J connectivity index is 0.000000151. The molecule has 5 fully saturated rings. The van der Waals surface area contributed by atoms with Gasteiger partial charge >= 0.3 is 14.2 Å². The first kappa shape index (κ1) is 79.9. The summed E-state index contributed by atoms with van der Waals surface area (Å²) < 4.78 is 58.4. The molecule has 0 atom stereocenters. The number of hydrogen-bond donors (Lipinski definition) is 2. The van der Waals surface area contributed by atoms with Gasteiger partial charge in [-0.2, -0.15) is 9.97 Å². The minimum Gasteiger partial charge on any atom is -0.450 e. The number of hydrogen-bond acceptors (Lipinski definition) is 25. The molecule has 5 saturated heterocycles. The summed E-state index contributed by atoms with van der Waals surface area (Å²) in [5, 5.41) is 0.477. The standard InChI is InChI=1S/C20H18N6O2.C16H14ClN3O2.C12H17BO2.C10H16BN3O2.C10H9ClIN3O2.3C2H6/c21-20-22-11-14(12-23-20)18-24-15-10-16(13-4-2-1-3-5-13)28-17(15)19(25-18)26-6-8-27-9-7-26;17-16-18-12-10-13(11-4-2-1-3-5-11)22-14(12)15(19-16)20-6-8-21-9-7-20;1-11(2)12(3,4)15-13(14-11)10-8-6-5-7-9-10;1-9(2)10(3,4)16-11(15-9)7-5-13-8(12)14-6-7;11-10-13-6-5-7(12)17-8(6)9(14-10)15-1-3-16-4-2-15;3*1-2/h1-5,10-12H,6-9H2,(H2,21,22,23);1-5,10H,6-9H2;5-9H,1-4H3;5-6H,1-4H3,(H2,12,13,14);5H,1-4H2;3*1-2H3. The van der Waals surface area contributed by atoms with E-state index in [4.69, 9.17) is 90.7 Å². The maximum atomic E-state index is 6.19. The highest BCUT2D eigenvalue weighted by molar-refractivity contribution is 14.1. The van der Waals surface area contributed by atoms with E-state index in [2.05, 4.69) is 105 Å². The zero-order valence-electron chi connectivity index (χ0n) is 61.5. The molecule has 11 aromatic rings. The zero-order valence-corrected chi connectivity index (χ0v) is 65.2. The number of furan rings is 3. The first-order valence-corrected chi connectivity index (χ1v) is 36.8. The molecule has 0 bridgehead atoms. The molecule has 550 valence electrons. The number of fused-ring (bicyclic) bond motifs is 3. The summed E-state index contributed by atoms with van der Waals surface area (Å²) in [5.41, 5.74) is 18.6. The largest absolute Gasteiger partial charge is 0.498 e. The number of benzene rings is 3. The van der Waals surface area contributed by atoms with Crippen LogP contribution in [0.3, 0.4) is 0 Å². The normalized spacial score (nSPS) is 16.8. The highest BCUT2D eigenvalue weighted by atomic mass is 127. The molecular formula is C74H92B2Cl2IN15O10. The lowest BCUT2D eigenvalue weighted by Crippen LogP contribution is -2.41. The minimum absolute atomic E-state index is 0.216. The van der Waals surface area contributed by atoms with Gasteiger partial charge in [-0.25, -0.2) is 39.9 Å². The third-order valence-electron chi connectivity index (χ3n) is 17.5. The summed E-state index contributed by atoms with van der Waals surface area (Å²) in [6.45, 7) is 36.9. The quantitative estimate of drug-likeness (QED) is 0.0811. The van der Waals surface area contributed by atoms with Gasteiger partial charge in [-0.15, -0.1) is 0 Å². The smallest absolute Gasteiger partial charge is 0.450 e. The number of aromatic nitrogens is 10. The van der Waals surface area contributed by atoms with Crippen molar-refractivity contribution in [1.29, 1.82) is 0 Å². The van der Waals surface area contributed by atoms with Crippen molar-refractivity contribution in [2.75, 3.05) is 105 Å². The topological polar surface area (TPSA) is 295 Å². The molecule has 4 N–H and O–H groups in total. The lowest BCUT2D eigenvalue weighted by Gasteiger charge is -2.32. The van der Waals surface area contributed by atoms with Crippen molar-refractivity contribution >= 4 is 134 Å². The van der Waals surface area contributed by atoms with Gasteiger partial charge in [0.25, 0.3) is 0 Å². The second-order valence-electron chi connectivity index (χ2n) is 25.2. The summed E-state index contributed by atoms with van der Waals surface area (Å²) in [4.78, 5) is 48.9. The fourth-order valence-corrected chi connectivity index (χ4v) is 11.6.